The second kappa shape index (κ2) is 8.08. The Morgan fingerprint density at radius 1 is 0.964 bits per heavy atom. The number of hydrogen-bond acceptors (Lipinski definition) is 3. The fourth-order valence-corrected chi connectivity index (χ4v) is 4.32. The Labute approximate surface area is 170 Å². The monoisotopic (exact) mass is 395 g/mol. The van der Waals surface area contributed by atoms with E-state index in [-0.39, 0.29) is 5.43 Å². The van der Waals surface area contributed by atoms with Crippen molar-refractivity contribution in [3.8, 4) is 0 Å². The molecule has 2 heterocycles. The predicted molar refractivity (Wildman–Crippen MR) is 116 cm³/mol. The third kappa shape index (κ3) is 4.00. The van der Waals surface area contributed by atoms with Gasteiger partial charge in [0.05, 0.1) is 5.52 Å². The van der Waals surface area contributed by atoms with Gasteiger partial charge in [-0.3, -0.25) is 14.6 Å². The van der Waals surface area contributed by atoms with E-state index in [4.69, 9.17) is 11.6 Å². The summed E-state index contributed by atoms with van der Waals surface area (Å²) in [5, 5.41) is 1.30. The van der Waals surface area contributed by atoms with Crippen LogP contribution in [0.3, 0.4) is 0 Å². The lowest BCUT2D eigenvalue weighted by atomic mass is 10.0. The van der Waals surface area contributed by atoms with E-state index in [1.54, 1.807) is 6.07 Å². The number of pyridine rings is 1. The summed E-state index contributed by atoms with van der Waals surface area (Å²) >= 11 is 6.19. The Bertz CT molecular complexity index is 1040. The SMILES string of the molecule is Cc1[nH]c2c(C)cc(Cl)cc2c(=O)c1CN1CCN(Cc2ccccc2)CC1. The zero-order chi connectivity index (χ0) is 19.7. The van der Waals surface area contributed by atoms with Crippen LogP contribution in [0, 0.1) is 13.8 Å². The third-order valence-electron chi connectivity index (χ3n) is 5.68. The lowest BCUT2D eigenvalue weighted by molar-refractivity contribution is 0.121. The maximum Gasteiger partial charge on any atom is 0.194 e. The van der Waals surface area contributed by atoms with E-state index in [1.807, 2.05) is 19.9 Å². The molecular weight excluding hydrogens is 370 g/mol. The number of H-pyrrole nitrogens is 1. The summed E-state index contributed by atoms with van der Waals surface area (Å²) in [6.45, 7) is 9.63. The van der Waals surface area contributed by atoms with Crippen molar-refractivity contribution < 1.29 is 0 Å². The van der Waals surface area contributed by atoms with Gasteiger partial charge in [-0.15, -0.1) is 0 Å². The lowest BCUT2D eigenvalue weighted by Crippen LogP contribution is -2.46. The number of aromatic nitrogens is 1. The van der Waals surface area contributed by atoms with Crippen LogP contribution in [0.2, 0.25) is 5.02 Å². The molecule has 0 spiro atoms. The Kier molecular flexibility index (Phi) is 5.54. The van der Waals surface area contributed by atoms with E-state index in [0.717, 1.165) is 55.1 Å². The molecule has 28 heavy (non-hydrogen) atoms. The largest absolute Gasteiger partial charge is 0.358 e. The van der Waals surface area contributed by atoms with Gasteiger partial charge < -0.3 is 4.98 Å². The first-order valence-corrected chi connectivity index (χ1v) is 10.2. The van der Waals surface area contributed by atoms with Crippen LogP contribution in [0.5, 0.6) is 0 Å². The maximum atomic E-state index is 13.1. The van der Waals surface area contributed by atoms with Crippen LogP contribution in [-0.4, -0.2) is 41.0 Å². The number of piperazine rings is 1. The Balaban J connectivity index is 1.48. The molecule has 1 aliphatic rings. The number of nitrogens with one attached hydrogen (secondary N) is 1. The summed E-state index contributed by atoms with van der Waals surface area (Å²) in [7, 11) is 0. The van der Waals surface area contributed by atoms with Crippen molar-refractivity contribution in [1.82, 2.24) is 14.8 Å². The Hall–Kier alpha value is -2.14. The number of rotatable bonds is 4. The molecule has 4 rings (SSSR count). The average molecular weight is 396 g/mol. The van der Waals surface area contributed by atoms with Crippen molar-refractivity contribution in [3.05, 3.63) is 80.1 Å². The number of benzene rings is 2. The molecule has 3 aromatic rings. The molecule has 146 valence electrons. The standard InChI is InChI=1S/C23H26ClN3O/c1-16-12-19(24)13-20-22(16)25-17(2)21(23(20)28)15-27-10-8-26(9-11-27)14-18-6-4-3-5-7-18/h3-7,12-13H,8-11,14-15H2,1-2H3,(H,25,28). The number of aryl methyl sites for hydroxylation is 2. The van der Waals surface area contributed by atoms with E-state index in [0.29, 0.717) is 17.0 Å². The zero-order valence-corrected chi connectivity index (χ0v) is 17.2. The number of fused-ring (bicyclic) bond motifs is 1. The fraction of sp³-hybridized carbons (Fsp3) is 0.348. The van der Waals surface area contributed by atoms with Crippen LogP contribution >= 0.6 is 11.6 Å². The van der Waals surface area contributed by atoms with E-state index < -0.39 is 0 Å². The molecule has 0 radical (unpaired) electrons. The lowest BCUT2D eigenvalue weighted by Gasteiger charge is -2.34. The molecule has 1 saturated heterocycles. The van der Waals surface area contributed by atoms with E-state index in [2.05, 4.69) is 45.1 Å². The summed E-state index contributed by atoms with van der Waals surface area (Å²) in [4.78, 5) is 21.4. The van der Waals surface area contributed by atoms with Gasteiger partial charge in [-0.25, -0.2) is 0 Å². The molecule has 1 aromatic heterocycles. The van der Waals surface area contributed by atoms with Crippen LogP contribution in [0.1, 0.15) is 22.4 Å². The van der Waals surface area contributed by atoms with Gasteiger partial charge in [-0.05, 0) is 37.1 Å². The van der Waals surface area contributed by atoms with Gasteiger partial charge in [0.15, 0.2) is 5.43 Å². The minimum atomic E-state index is 0.101. The van der Waals surface area contributed by atoms with Crippen molar-refractivity contribution in [3.63, 3.8) is 0 Å². The normalized spacial score (nSPS) is 16.0. The second-order valence-corrected chi connectivity index (χ2v) is 8.18. The minimum absolute atomic E-state index is 0.101. The third-order valence-corrected chi connectivity index (χ3v) is 5.90. The van der Waals surface area contributed by atoms with Gasteiger partial charge in [-0.2, -0.15) is 0 Å². The maximum absolute atomic E-state index is 13.1. The summed E-state index contributed by atoms with van der Waals surface area (Å²) in [5.74, 6) is 0. The Morgan fingerprint density at radius 3 is 2.29 bits per heavy atom. The number of halogens is 1. The van der Waals surface area contributed by atoms with Crippen LogP contribution in [0.4, 0.5) is 0 Å². The molecule has 1 aliphatic heterocycles. The second-order valence-electron chi connectivity index (χ2n) is 7.74. The van der Waals surface area contributed by atoms with E-state index in [9.17, 15) is 4.79 Å². The molecule has 0 atom stereocenters. The highest BCUT2D eigenvalue weighted by molar-refractivity contribution is 6.31. The number of hydrogen-bond donors (Lipinski definition) is 1. The first-order valence-electron chi connectivity index (χ1n) is 9.81. The van der Waals surface area contributed by atoms with Gasteiger partial charge in [0.25, 0.3) is 0 Å². The highest BCUT2D eigenvalue weighted by atomic mass is 35.5. The average Bonchev–Trinajstić information content (AvgIpc) is 2.68. The molecule has 5 heteroatoms. The highest BCUT2D eigenvalue weighted by Gasteiger charge is 2.20. The first-order chi connectivity index (χ1) is 13.5. The van der Waals surface area contributed by atoms with Crippen LogP contribution in [0.25, 0.3) is 10.9 Å². The molecule has 1 fully saturated rings. The first kappa shape index (κ1) is 19.2. The fourth-order valence-electron chi connectivity index (χ4n) is 4.05. The quantitative estimate of drug-likeness (QED) is 0.722. The van der Waals surface area contributed by atoms with Gasteiger partial charge in [0, 0.05) is 60.9 Å². The van der Waals surface area contributed by atoms with E-state index >= 15 is 0 Å². The molecule has 4 nitrogen and oxygen atoms in total. The highest BCUT2D eigenvalue weighted by Crippen LogP contribution is 2.22. The van der Waals surface area contributed by atoms with Gasteiger partial charge in [0.2, 0.25) is 0 Å². The zero-order valence-electron chi connectivity index (χ0n) is 16.5. The van der Waals surface area contributed by atoms with Crippen molar-refractivity contribution in [1.29, 1.82) is 0 Å². The van der Waals surface area contributed by atoms with Crippen LogP contribution < -0.4 is 5.43 Å². The van der Waals surface area contributed by atoms with Crippen LogP contribution in [-0.2, 0) is 13.1 Å². The van der Waals surface area contributed by atoms with E-state index in [1.165, 1.54) is 5.56 Å². The molecule has 2 aromatic carbocycles. The minimum Gasteiger partial charge on any atom is -0.358 e. The van der Waals surface area contributed by atoms with Crippen molar-refractivity contribution >= 4 is 22.5 Å². The number of nitrogens with zero attached hydrogens (tertiary/aromatic N) is 2. The molecule has 0 unspecified atom stereocenters. The molecule has 0 saturated carbocycles. The molecular formula is C23H26ClN3O. The number of aromatic amines is 1. The Morgan fingerprint density at radius 2 is 1.61 bits per heavy atom. The van der Waals surface area contributed by atoms with Gasteiger partial charge >= 0.3 is 0 Å². The molecule has 0 bridgehead atoms. The summed E-state index contributed by atoms with van der Waals surface area (Å²) < 4.78 is 0. The summed E-state index contributed by atoms with van der Waals surface area (Å²) in [6.07, 6.45) is 0. The van der Waals surface area contributed by atoms with Gasteiger partial charge in [-0.1, -0.05) is 41.9 Å². The van der Waals surface area contributed by atoms with Crippen LogP contribution in [0.15, 0.2) is 47.3 Å². The predicted octanol–water partition coefficient (Wildman–Crippen LogP) is 4.12. The summed E-state index contributed by atoms with van der Waals surface area (Å²) in [5.41, 5.74) is 5.15. The molecule has 0 amide bonds. The summed E-state index contributed by atoms with van der Waals surface area (Å²) in [6, 6.07) is 14.3. The molecule has 1 N–H and O–H groups in total. The smallest absolute Gasteiger partial charge is 0.194 e. The van der Waals surface area contributed by atoms with Gasteiger partial charge in [0.1, 0.15) is 0 Å². The molecule has 0 aliphatic carbocycles. The van der Waals surface area contributed by atoms with Crippen molar-refractivity contribution in [2.75, 3.05) is 26.2 Å². The van der Waals surface area contributed by atoms with Crippen molar-refractivity contribution in [2.24, 2.45) is 0 Å². The van der Waals surface area contributed by atoms with Crippen molar-refractivity contribution in [2.45, 2.75) is 26.9 Å². The topological polar surface area (TPSA) is 39.3 Å².